The Labute approximate surface area is 142 Å². The molecule has 0 saturated heterocycles. The van der Waals surface area contributed by atoms with E-state index in [4.69, 9.17) is 11.5 Å². The largest absolute Gasteiger partial charge is 0.508 e. The van der Waals surface area contributed by atoms with E-state index in [1.165, 1.54) is 11.3 Å². The van der Waals surface area contributed by atoms with E-state index >= 15 is 0 Å². The molecule has 5 N–H and O–H groups in total. The summed E-state index contributed by atoms with van der Waals surface area (Å²) in [6, 6.07) is 5.22. The van der Waals surface area contributed by atoms with Crippen molar-refractivity contribution in [2.75, 3.05) is 5.73 Å². The second-order valence-electron chi connectivity index (χ2n) is 5.45. The first-order valence-electron chi connectivity index (χ1n) is 7.19. The molecule has 24 heavy (non-hydrogen) atoms. The number of aromatic hydroxyl groups is 1. The van der Waals surface area contributed by atoms with Gasteiger partial charge in [0.05, 0.1) is 21.8 Å². The highest BCUT2D eigenvalue weighted by Crippen LogP contribution is 2.38. The number of amides is 1. The molecule has 0 aliphatic rings. The lowest BCUT2D eigenvalue weighted by molar-refractivity contribution is 0.0996. The van der Waals surface area contributed by atoms with E-state index in [1.54, 1.807) is 36.8 Å². The van der Waals surface area contributed by atoms with Gasteiger partial charge in [0.2, 0.25) is 0 Å². The number of thiazole rings is 1. The van der Waals surface area contributed by atoms with E-state index in [9.17, 15) is 9.90 Å². The van der Waals surface area contributed by atoms with Crippen molar-refractivity contribution in [2.45, 2.75) is 13.8 Å². The summed E-state index contributed by atoms with van der Waals surface area (Å²) in [7, 11) is 0. The second-order valence-corrected chi connectivity index (χ2v) is 6.34. The molecule has 122 valence electrons. The number of rotatable bonds is 3. The van der Waals surface area contributed by atoms with Crippen LogP contribution in [0.5, 0.6) is 5.75 Å². The first kappa shape index (κ1) is 15.9. The zero-order valence-electron chi connectivity index (χ0n) is 13.2. The number of pyridine rings is 1. The van der Waals surface area contributed by atoms with Crippen molar-refractivity contribution < 1.29 is 9.90 Å². The highest BCUT2D eigenvalue weighted by atomic mass is 32.1. The second kappa shape index (κ2) is 5.93. The molecule has 7 heteroatoms. The third-order valence-electron chi connectivity index (χ3n) is 3.89. The molecule has 0 radical (unpaired) electrons. The van der Waals surface area contributed by atoms with Crippen LogP contribution in [0.15, 0.2) is 29.9 Å². The Kier molecular flexibility index (Phi) is 3.94. The van der Waals surface area contributed by atoms with Crippen LogP contribution in [0.4, 0.5) is 5.69 Å². The van der Waals surface area contributed by atoms with E-state index in [0.717, 1.165) is 16.0 Å². The molecule has 0 atom stereocenters. The molecule has 0 bridgehead atoms. The number of hydrogen-bond donors (Lipinski definition) is 3. The summed E-state index contributed by atoms with van der Waals surface area (Å²) < 4.78 is 0. The van der Waals surface area contributed by atoms with E-state index in [2.05, 4.69) is 9.97 Å². The summed E-state index contributed by atoms with van der Waals surface area (Å²) in [5, 5.41) is 10.1. The highest BCUT2D eigenvalue weighted by Gasteiger charge is 2.20. The maximum Gasteiger partial charge on any atom is 0.269 e. The zero-order chi connectivity index (χ0) is 17.4. The lowest BCUT2D eigenvalue weighted by Crippen LogP contribution is -2.17. The number of phenols is 1. The van der Waals surface area contributed by atoms with Crippen LogP contribution >= 0.6 is 11.3 Å². The summed E-state index contributed by atoms with van der Waals surface area (Å²) in [5.41, 5.74) is 17.1. The van der Waals surface area contributed by atoms with Gasteiger partial charge in [0.25, 0.3) is 5.91 Å². The van der Waals surface area contributed by atoms with Gasteiger partial charge in [0, 0.05) is 11.8 Å². The number of benzene rings is 1. The monoisotopic (exact) mass is 340 g/mol. The SMILES string of the molecule is Cc1ccc(O)c(C)c1-c1cc(-c2cncs2)nc(C(N)=O)c1N. The molecule has 2 heterocycles. The number of nitrogens with two attached hydrogens (primary N) is 2. The predicted molar refractivity (Wildman–Crippen MR) is 94.9 cm³/mol. The number of aromatic nitrogens is 2. The topological polar surface area (TPSA) is 115 Å². The smallest absolute Gasteiger partial charge is 0.269 e. The molecule has 6 nitrogen and oxygen atoms in total. The molecular weight excluding hydrogens is 324 g/mol. The molecule has 1 aromatic carbocycles. The van der Waals surface area contributed by atoms with E-state index in [1.807, 2.05) is 6.92 Å². The van der Waals surface area contributed by atoms with Crippen molar-refractivity contribution in [3.63, 3.8) is 0 Å². The van der Waals surface area contributed by atoms with Crippen molar-refractivity contribution >= 4 is 22.9 Å². The fraction of sp³-hybridized carbons (Fsp3) is 0.118. The van der Waals surface area contributed by atoms with Gasteiger partial charge in [0.15, 0.2) is 5.69 Å². The number of aryl methyl sites for hydroxylation is 1. The molecule has 1 amide bonds. The number of phenolic OH excluding ortho intramolecular Hbond substituents is 1. The molecule has 0 aliphatic carbocycles. The Morgan fingerprint density at radius 2 is 2.04 bits per heavy atom. The number of nitrogens with zero attached hydrogens (tertiary/aromatic N) is 2. The number of primary amides is 1. The van der Waals surface area contributed by atoms with Crippen molar-refractivity contribution in [2.24, 2.45) is 5.73 Å². The predicted octanol–water partition coefficient (Wildman–Crippen LogP) is 2.88. The van der Waals surface area contributed by atoms with Crippen LogP contribution in [0.25, 0.3) is 21.7 Å². The number of nitrogen functional groups attached to an aromatic ring is 1. The van der Waals surface area contributed by atoms with Gasteiger partial charge in [0.1, 0.15) is 5.75 Å². The Hall–Kier alpha value is -2.93. The van der Waals surface area contributed by atoms with Crippen molar-refractivity contribution in [3.8, 4) is 27.4 Å². The first-order chi connectivity index (χ1) is 11.4. The van der Waals surface area contributed by atoms with Gasteiger partial charge in [-0.25, -0.2) is 4.98 Å². The van der Waals surface area contributed by atoms with Gasteiger partial charge in [-0.3, -0.25) is 9.78 Å². The zero-order valence-corrected chi connectivity index (χ0v) is 14.0. The van der Waals surface area contributed by atoms with E-state index < -0.39 is 5.91 Å². The third kappa shape index (κ3) is 2.59. The molecule has 0 fully saturated rings. The van der Waals surface area contributed by atoms with Crippen molar-refractivity contribution in [1.82, 2.24) is 9.97 Å². The third-order valence-corrected chi connectivity index (χ3v) is 4.69. The lowest BCUT2D eigenvalue weighted by atomic mass is 9.93. The Morgan fingerprint density at radius 1 is 1.29 bits per heavy atom. The van der Waals surface area contributed by atoms with Crippen LogP contribution < -0.4 is 11.5 Å². The molecule has 0 spiro atoms. The van der Waals surface area contributed by atoms with E-state index in [-0.39, 0.29) is 17.1 Å². The Morgan fingerprint density at radius 3 is 2.67 bits per heavy atom. The number of hydrogen-bond acceptors (Lipinski definition) is 6. The minimum absolute atomic E-state index is 0.0121. The summed E-state index contributed by atoms with van der Waals surface area (Å²) in [6.07, 6.45) is 1.67. The van der Waals surface area contributed by atoms with E-state index in [0.29, 0.717) is 16.8 Å². The fourth-order valence-corrected chi connectivity index (χ4v) is 3.25. The number of carbonyl (C=O) groups excluding carboxylic acids is 1. The van der Waals surface area contributed by atoms with Crippen LogP contribution in [-0.2, 0) is 0 Å². The maximum absolute atomic E-state index is 11.8. The first-order valence-corrected chi connectivity index (χ1v) is 8.06. The quantitative estimate of drug-likeness (QED) is 0.678. The minimum Gasteiger partial charge on any atom is -0.508 e. The van der Waals surface area contributed by atoms with Gasteiger partial charge in [-0.05, 0) is 42.7 Å². The minimum atomic E-state index is -0.699. The summed E-state index contributed by atoms with van der Waals surface area (Å²) in [6.45, 7) is 3.71. The summed E-state index contributed by atoms with van der Waals surface area (Å²) >= 11 is 1.40. The van der Waals surface area contributed by atoms with Gasteiger partial charge in [-0.15, -0.1) is 11.3 Å². The van der Waals surface area contributed by atoms with Crippen LogP contribution in [0.1, 0.15) is 21.6 Å². The van der Waals surface area contributed by atoms with Gasteiger partial charge in [-0.2, -0.15) is 0 Å². The standard InChI is InChI=1S/C17H16N4O2S/c1-8-3-4-12(22)9(2)14(8)10-5-11(13-6-20-7-24-13)21-16(15(10)18)17(19)23/h3-7,22H,18H2,1-2H3,(H2,19,23). The van der Waals surface area contributed by atoms with Crippen molar-refractivity contribution in [3.05, 3.63) is 46.7 Å². The molecule has 3 rings (SSSR count). The molecule has 3 aromatic rings. The summed E-state index contributed by atoms with van der Waals surface area (Å²) in [5.74, 6) is -0.539. The highest BCUT2D eigenvalue weighted by molar-refractivity contribution is 7.13. The fourth-order valence-electron chi connectivity index (χ4n) is 2.67. The van der Waals surface area contributed by atoms with Crippen molar-refractivity contribution in [1.29, 1.82) is 0 Å². The maximum atomic E-state index is 11.8. The van der Waals surface area contributed by atoms with Crippen LogP contribution in [0.2, 0.25) is 0 Å². The molecular formula is C17H16N4O2S. The molecule has 2 aromatic heterocycles. The average molecular weight is 340 g/mol. The summed E-state index contributed by atoms with van der Waals surface area (Å²) in [4.78, 5) is 20.9. The number of carbonyl (C=O) groups is 1. The van der Waals surface area contributed by atoms with Crippen LogP contribution in [0.3, 0.4) is 0 Å². The number of anilines is 1. The average Bonchev–Trinajstić information content (AvgIpc) is 3.07. The van der Waals surface area contributed by atoms with Gasteiger partial charge >= 0.3 is 0 Å². The van der Waals surface area contributed by atoms with Crippen LogP contribution in [-0.4, -0.2) is 21.0 Å². The molecule has 0 saturated carbocycles. The Bertz CT molecular complexity index is 936. The molecule has 0 aliphatic heterocycles. The Balaban J connectivity index is 2.36. The lowest BCUT2D eigenvalue weighted by Gasteiger charge is -2.16. The molecule has 0 unspecified atom stereocenters. The van der Waals surface area contributed by atoms with Gasteiger partial charge in [-0.1, -0.05) is 6.07 Å². The van der Waals surface area contributed by atoms with Crippen LogP contribution in [0, 0.1) is 13.8 Å². The van der Waals surface area contributed by atoms with Gasteiger partial charge < -0.3 is 16.6 Å². The normalized spacial score (nSPS) is 10.8.